The van der Waals surface area contributed by atoms with E-state index in [1.807, 2.05) is 0 Å². The van der Waals surface area contributed by atoms with E-state index in [0.29, 0.717) is 6.07 Å². The van der Waals surface area contributed by atoms with E-state index in [4.69, 9.17) is 5.73 Å². The molecule has 0 aliphatic heterocycles. The number of alkyl halides is 3. The molecule has 0 aliphatic carbocycles. The van der Waals surface area contributed by atoms with E-state index in [0.717, 1.165) is 6.07 Å². The first kappa shape index (κ1) is 15.8. The maximum absolute atomic E-state index is 13.3. The lowest BCUT2D eigenvalue weighted by Crippen LogP contribution is -2.20. The molecule has 0 bridgehead atoms. The summed E-state index contributed by atoms with van der Waals surface area (Å²) in [6, 6.07) is 0.565. The molecular formula is C11H11F6NO. The van der Waals surface area contributed by atoms with E-state index in [9.17, 15) is 26.3 Å². The molecule has 1 unspecified atom stereocenters. The zero-order chi connectivity index (χ0) is 14.6. The van der Waals surface area contributed by atoms with Crippen molar-refractivity contribution in [3.8, 4) is 0 Å². The molecule has 1 aromatic rings. The van der Waals surface area contributed by atoms with Crippen molar-refractivity contribution in [3.63, 3.8) is 0 Å². The highest BCUT2D eigenvalue weighted by atomic mass is 19.4. The molecule has 8 heteroatoms. The van der Waals surface area contributed by atoms with Crippen molar-refractivity contribution >= 4 is 0 Å². The summed E-state index contributed by atoms with van der Waals surface area (Å²) in [5, 5.41) is 0. The van der Waals surface area contributed by atoms with E-state index < -0.39 is 36.3 Å². The van der Waals surface area contributed by atoms with Crippen LogP contribution in [0.15, 0.2) is 12.1 Å². The minimum absolute atomic E-state index is 0.155. The summed E-state index contributed by atoms with van der Waals surface area (Å²) in [5.41, 5.74) is 5.16. The molecule has 0 fully saturated rings. The van der Waals surface area contributed by atoms with Crippen LogP contribution in [0.3, 0.4) is 0 Å². The van der Waals surface area contributed by atoms with E-state index in [-0.39, 0.29) is 18.6 Å². The largest absolute Gasteiger partial charge is 0.411 e. The molecule has 0 radical (unpaired) electrons. The summed E-state index contributed by atoms with van der Waals surface area (Å²) >= 11 is 0. The first-order valence-corrected chi connectivity index (χ1v) is 5.26. The lowest BCUT2D eigenvalue weighted by Gasteiger charge is -2.14. The molecule has 0 aromatic heterocycles. The molecule has 0 saturated carbocycles. The standard InChI is InChI=1S/C11H11F6NO/c12-7-2-1-6(9(13)10(7)14)8(18)3-4-19-5-11(15,16)17/h1-2,8H,3-5,18H2. The van der Waals surface area contributed by atoms with Crippen LogP contribution in [-0.4, -0.2) is 19.4 Å². The quantitative estimate of drug-likeness (QED) is 0.513. The van der Waals surface area contributed by atoms with Gasteiger partial charge in [0.15, 0.2) is 17.5 Å². The van der Waals surface area contributed by atoms with Crippen LogP contribution in [0.5, 0.6) is 0 Å². The highest BCUT2D eigenvalue weighted by Gasteiger charge is 2.27. The van der Waals surface area contributed by atoms with Gasteiger partial charge < -0.3 is 10.5 Å². The topological polar surface area (TPSA) is 35.2 Å². The normalized spacial score (nSPS) is 13.6. The smallest absolute Gasteiger partial charge is 0.372 e. The van der Waals surface area contributed by atoms with Gasteiger partial charge in [0.25, 0.3) is 0 Å². The summed E-state index contributed by atoms with van der Waals surface area (Å²) in [7, 11) is 0. The van der Waals surface area contributed by atoms with Gasteiger partial charge >= 0.3 is 6.18 Å². The number of nitrogens with two attached hydrogens (primary N) is 1. The second kappa shape index (κ2) is 6.25. The maximum Gasteiger partial charge on any atom is 0.411 e. The summed E-state index contributed by atoms with van der Waals surface area (Å²) < 4.78 is 78.4. The Labute approximate surface area is 105 Å². The second-order valence-electron chi connectivity index (χ2n) is 3.83. The minimum Gasteiger partial charge on any atom is -0.372 e. The second-order valence-corrected chi connectivity index (χ2v) is 3.83. The average molecular weight is 287 g/mol. The molecule has 0 heterocycles. The third-order valence-electron chi connectivity index (χ3n) is 2.30. The monoisotopic (exact) mass is 287 g/mol. The predicted octanol–water partition coefficient (Wildman–Crippen LogP) is 3.07. The zero-order valence-corrected chi connectivity index (χ0v) is 9.61. The summed E-state index contributed by atoms with van der Waals surface area (Å²) in [4.78, 5) is 0. The van der Waals surface area contributed by atoms with Crippen LogP contribution in [0.1, 0.15) is 18.0 Å². The number of hydrogen-bond donors (Lipinski definition) is 1. The summed E-state index contributed by atoms with van der Waals surface area (Å²) in [5.74, 6) is -4.46. The van der Waals surface area contributed by atoms with Crippen molar-refractivity contribution in [1.82, 2.24) is 0 Å². The van der Waals surface area contributed by atoms with E-state index >= 15 is 0 Å². The number of benzene rings is 1. The predicted molar refractivity (Wildman–Crippen MR) is 54.7 cm³/mol. The number of hydrogen-bond acceptors (Lipinski definition) is 2. The molecule has 0 aliphatic rings. The van der Waals surface area contributed by atoms with Crippen LogP contribution in [0, 0.1) is 17.5 Å². The van der Waals surface area contributed by atoms with Gasteiger partial charge in [0, 0.05) is 18.2 Å². The number of halogens is 6. The maximum atomic E-state index is 13.3. The third-order valence-corrected chi connectivity index (χ3v) is 2.30. The van der Waals surface area contributed by atoms with Crippen molar-refractivity contribution in [3.05, 3.63) is 35.1 Å². The Morgan fingerprint density at radius 1 is 1.11 bits per heavy atom. The Balaban J connectivity index is 2.55. The minimum atomic E-state index is -4.46. The van der Waals surface area contributed by atoms with E-state index in [1.165, 1.54) is 0 Å². The summed E-state index contributed by atoms with van der Waals surface area (Å²) in [6.07, 6.45) is -4.62. The highest BCUT2D eigenvalue weighted by Crippen LogP contribution is 2.22. The number of rotatable bonds is 5. The molecule has 0 saturated heterocycles. The van der Waals surface area contributed by atoms with Crippen LogP contribution in [0.25, 0.3) is 0 Å². The Kier molecular flexibility index (Phi) is 5.19. The Bertz CT molecular complexity index is 434. The van der Waals surface area contributed by atoms with Gasteiger partial charge in [-0.1, -0.05) is 6.07 Å². The molecule has 1 atom stereocenters. The first-order chi connectivity index (χ1) is 8.72. The molecule has 0 amide bonds. The lowest BCUT2D eigenvalue weighted by atomic mass is 10.0. The Hall–Kier alpha value is -1.28. The molecular weight excluding hydrogens is 276 g/mol. The van der Waals surface area contributed by atoms with E-state index in [2.05, 4.69) is 4.74 Å². The molecule has 0 spiro atoms. The van der Waals surface area contributed by atoms with Crippen LogP contribution in [-0.2, 0) is 4.74 Å². The van der Waals surface area contributed by atoms with Crippen LogP contribution in [0.2, 0.25) is 0 Å². The van der Waals surface area contributed by atoms with Crippen molar-refractivity contribution < 1.29 is 31.1 Å². The Morgan fingerprint density at radius 2 is 1.74 bits per heavy atom. The lowest BCUT2D eigenvalue weighted by molar-refractivity contribution is -0.174. The van der Waals surface area contributed by atoms with Crippen LogP contribution < -0.4 is 5.73 Å². The fourth-order valence-electron chi connectivity index (χ4n) is 1.38. The van der Waals surface area contributed by atoms with Crippen LogP contribution in [0.4, 0.5) is 26.3 Å². The fraction of sp³-hybridized carbons (Fsp3) is 0.455. The molecule has 19 heavy (non-hydrogen) atoms. The van der Waals surface area contributed by atoms with Gasteiger partial charge in [-0.3, -0.25) is 0 Å². The van der Waals surface area contributed by atoms with Crippen molar-refractivity contribution in [2.24, 2.45) is 5.73 Å². The average Bonchev–Trinajstić information content (AvgIpc) is 2.30. The first-order valence-electron chi connectivity index (χ1n) is 5.26. The van der Waals surface area contributed by atoms with Gasteiger partial charge in [0.05, 0.1) is 0 Å². The third kappa shape index (κ3) is 4.71. The zero-order valence-electron chi connectivity index (χ0n) is 9.61. The highest BCUT2D eigenvalue weighted by molar-refractivity contribution is 5.23. The SMILES string of the molecule is NC(CCOCC(F)(F)F)c1ccc(F)c(F)c1F. The van der Waals surface area contributed by atoms with E-state index in [1.54, 1.807) is 0 Å². The summed E-state index contributed by atoms with van der Waals surface area (Å²) in [6.45, 7) is -1.82. The van der Waals surface area contributed by atoms with Crippen molar-refractivity contribution in [1.29, 1.82) is 0 Å². The molecule has 2 N–H and O–H groups in total. The molecule has 108 valence electrons. The van der Waals surface area contributed by atoms with Gasteiger partial charge in [-0.05, 0) is 12.5 Å². The van der Waals surface area contributed by atoms with Gasteiger partial charge in [-0.15, -0.1) is 0 Å². The van der Waals surface area contributed by atoms with Gasteiger partial charge in [-0.2, -0.15) is 13.2 Å². The van der Waals surface area contributed by atoms with Crippen molar-refractivity contribution in [2.45, 2.75) is 18.6 Å². The fourth-order valence-corrected chi connectivity index (χ4v) is 1.38. The van der Waals surface area contributed by atoms with Crippen molar-refractivity contribution in [2.75, 3.05) is 13.2 Å². The van der Waals surface area contributed by atoms with Gasteiger partial charge in [0.2, 0.25) is 0 Å². The van der Waals surface area contributed by atoms with Gasteiger partial charge in [-0.25, -0.2) is 13.2 Å². The Morgan fingerprint density at radius 3 is 2.32 bits per heavy atom. The molecule has 2 nitrogen and oxygen atoms in total. The number of ether oxygens (including phenoxy) is 1. The van der Waals surface area contributed by atoms with Crippen LogP contribution >= 0.6 is 0 Å². The molecule has 1 aromatic carbocycles. The van der Waals surface area contributed by atoms with Gasteiger partial charge in [0.1, 0.15) is 6.61 Å². The molecule has 1 rings (SSSR count).